The SMILES string of the molecule is CC1=CC2=Nc3cc(C)c(N)cc3N(C(C)C)C2C=C1NCCCCCCNC(=O)c1ccc(-c2ccc(C(=O)NCCCCCCNc3cc4c(cc3C)nc3cc(C)c(N)cc3[n+]4C(C)C)cc2)cc1. The molecule has 1 aliphatic heterocycles. The Morgan fingerprint density at radius 3 is 1.71 bits per heavy atom. The number of nitrogens with two attached hydrogens (primary N) is 2. The second kappa shape index (κ2) is 22.9. The van der Waals surface area contributed by atoms with Crippen LogP contribution in [0.5, 0.6) is 0 Å². The summed E-state index contributed by atoms with van der Waals surface area (Å²) in [5.74, 6) is -0.133. The first-order valence-corrected chi connectivity index (χ1v) is 26.1. The number of unbranched alkanes of at least 4 members (excludes halogenated alkanes) is 6. The summed E-state index contributed by atoms with van der Waals surface area (Å²) in [5.41, 5.74) is 31.4. The number of allylic oxidation sites excluding steroid dienone is 1. The van der Waals surface area contributed by atoms with Gasteiger partial charge in [0.25, 0.3) is 11.8 Å². The van der Waals surface area contributed by atoms with Crippen LogP contribution in [-0.2, 0) is 0 Å². The van der Waals surface area contributed by atoms with Crippen molar-refractivity contribution < 1.29 is 14.2 Å². The van der Waals surface area contributed by atoms with Crippen LogP contribution in [0.2, 0.25) is 0 Å². The molecule has 2 heterocycles. The molecule has 12 nitrogen and oxygen atoms in total. The number of aliphatic imine (C=N–C) groups is 1. The molecule has 12 heteroatoms. The lowest BCUT2D eigenvalue weighted by atomic mass is 9.93. The molecule has 0 saturated heterocycles. The van der Waals surface area contributed by atoms with Gasteiger partial charge in [0.05, 0.1) is 23.1 Å². The van der Waals surface area contributed by atoms with Gasteiger partial charge >= 0.3 is 0 Å². The average molecular weight is 968 g/mol. The first-order valence-electron chi connectivity index (χ1n) is 26.1. The molecular formula is C60H75N10O2+. The fourth-order valence-electron chi connectivity index (χ4n) is 10.0. The minimum absolute atomic E-state index is 0.0590. The van der Waals surface area contributed by atoms with E-state index in [1.807, 2.05) is 68.4 Å². The van der Waals surface area contributed by atoms with Gasteiger partial charge in [-0.3, -0.25) is 9.59 Å². The molecule has 1 unspecified atom stereocenters. The number of amides is 2. The lowest BCUT2D eigenvalue weighted by molar-refractivity contribution is -0.666. The van der Waals surface area contributed by atoms with E-state index in [0.29, 0.717) is 24.2 Å². The number of hydrogen-bond acceptors (Lipinski definition) is 9. The maximum absolute atomic E-state index is 13.0. The van der Waals surface area contributed by atoms with Gasteiger partial charge in [-0.05, 0) is 175 Å². The van der Waals surface area contributed by atoms with Crippen molar-refractivity contribution in [2.75, 3.05) is 47.9 Å². The number of fused-ring (bicyclic) bond motifs is 4. The van der Waals surface area contributed by atoms with E-state index in [-0.39, 0.29) is 29.9 Å². The normalized spacial score (nSPS) is 14.2. The van der Waals surface area contributed by atoms with Gasteiger partial charge in [-0.1, -0.05) is 49.9 Å². The summed E-state index contributed by atoms with van der Waals surface area (Å²) in [6, 6.07) is 28.6. The van der Waals surface area contributed by atoms with E-state index >= 15 is 0 Å². The van der Waals surface area contributed by atoms with Gasteiger partial charge in [0.2, 0.25) is 11.0 Å². The molecule has 0 saturated carbocycles. The number of aromatic nitrogens is 2. The van der Waals surface area contributed by atoms with Crippen molar-refractivity contribution in [3.05, 3.63) is 136 Å². The van der Waals surface area contributed by atoms with Crippen molar-refractivity contribution in [3.8, 4) is 11.1 Å². The summed E-state index contributed by atoms with van der Waals surface area (Å²) < 4.78 is 2.33. The van der Waals surface area contributed by atoms with Crippen molar-refractivity contribution in [1.29, 1.82) is 0 Å². The van der Waals surface area contributed by atoms with E-state index in [9.17, 15) is 9.59 Å². The quantitative estimate of drug-likeness (QED) is 0.0179. The zero-order valence-electron chi connectivity index (χ0n) is 43.7. The van der Waals surface area contributed by atoms with E-state index < -0.39 is 0 Å². The minimum Gasteiger partial charge on any atom is -0.398 e. The van der Waals surface area contributed by atoms with Gasteiger partial charge in [0.15, 0.2) is 6.04 Å². The summed E-state index contributed by atoms with van der Waals surface area (Å²) in [7, 11) is 0. The van der Waals surface area contributed by atoms with Gasteiger partial charge < -0.3 is 37.6 Å². The van der Waals surface area contributed by atoms with Gasteiger partial charge in [-0.2, -0.15) is 4.57 Å². The van der Waals surface area contributed by atoms with Crippen molar-refractivity contribution >= 4 is 68.0 Å². The summed E-state index contributed by atoms with van der Waals surface area (Å²) in [6.45, 7) is 20.2. The van der Waals surface area contributed by atoms with E-state index in [0.717, 1.165) is 149 Å². The van der Waals surface area contributed by atoms with Crippen LogP contribution in [0.3, 0.4) is 0 Å². The first-order chi connectivity index (χ1) is 34.7. The molecule has 2 aliphatic rings. The fraction of sp³-hybridized carbons (Fsp3) is 0.383. The molecule has 0 fully saturated rings. The van der Waals surface area contributed by atoms with E-state index in [1.54, 1.807) is 0 Å². The number of rotatable bonds is 21. The number of nitrogen functional groups attached to an aromatic ring is 2. The summed E-state index contributed by atoms with van der Waals surface area (Å²) in [4.78, 5) is 38.4. The van der Waals surface area contributed by atoms with Gasteiger partial charge in [0, 0.05) is 78.2 Å². The molecule has 72 heavy (non-hydrogen) atoms. The highest BCUT2D eigenvalue weighted by molar-refractivity contribution is 6.09. The Morgan fingerprint density at radius 2 is 1.14 bits per heavy atom. The summed E-state index contributed by atoms with van der Waals surface area (Å²) in [6.07, 6.45) is 12.7. The van der Waals surface area contributed by atoms with Crippen LogP contribution in [-0.4, -0.2) is 60.8 Å². The zero-order chi connectivity index (χ0) is 51.1. The maximum atomic E-state index is 13.0. The topological polar surface area (TPSA) is 167 Å². The molecule has 0 bridgehead atoms. The van der Waals surface area contributed by atoms with Crippen LogP contribution in [0.4, 0.5) is 28.4 Å². The standard InChI is InChI=1S/C60H74N10O2/c1-37(2)69-55-33-47(61)39(5)29-51(55)67-53-31-41(7)49(35-57(53)69)63-25-13-9-11-15-27-65-59(71)45-21-17-43(18-22-45)44-19-23-46(24-20-44)60(72)66-28-16-12-10-14-26-64-50-36-58-54(32-42(50)8)68-52-30-40(6)48(62)34-56(52)70(58)38(3)4/h17-24,29-38,57,63H,9-16,25-28,61H2,1-8H3,(H4,62,64,65,66,71,72)/p+1. The van der Waals surface area contributed by atoms with Gasteiger partial charge in [-0.15, -0.1) is 0 Å². The number of nitrogens with one attached hydrogen (secondary N) is 4. The van der Waals surface area contributed by atoms with Crippen molar-refractivity contribution in [1.82, 2.24) is 20.9 Å². The van der Waals surface area contributed by atoms with Crippen molar-refractivity contribution in [3.63, 3.8) is 0 Å². The molecule has 8 rings (SSSR count). The Balaban J connectivity index is 0.698. The van der Waals surface area contributed by atoms with Crippen molar-refractivity contribution in [2.24, 2.45) is 4.99 Å². The molecule has 1 atom stereocenters. The molecule has 6 aromatic rings. The third-order valence-electron chi connectivity index (χ3n) is 14.2. The Hall–Kier alpha value is -7.21. The fourth-order valence-corrected chi connectivity index (χ4v) is 10.0. The summed E-state index contributed by atoms with van der Waals surface area (Å²) in [5, 5.41) is 13.5. The predicted molar refractivity (Wildman–Crippen MR) is 300 cm³/mol. The number of hydrogen-bond donors (Lipinski definition) is 6. The summed E-state index contributed by atoms with van der Waals surface area (Å²) >= 11 is 0. The minimum atomic E-state index is -0.0670. The molecular weight excluding hydrogens is 893 g/mol. The maximum Gasteiger partial charge on any atom is 0.251 e. The Bertz CT molecular complexity index is 3040. The Kier molecular flexibility index (Phi) is 16.3. The lowest BCUT2D eigenvalue weighted by Crippen LogP contribution is -2.47. The molecule has 2 amide bonds. The Morgan fingerprint density at radius 1 is 0.625 bits per heavy atom. The molecule has 8 N–H and O–H groups in total. The van der Waals surface area contributed by atoms with E-state index in [2.05, 4.69) is 115 Å². The average Bonchev–Trinajstić information content (AvgIpc) is 3.35. The molecule has 0 spiro atoms. The number of nitrogens with zero attached hydrogens (tertiary/aromatic N) is 4. The smallest absolute Gasteiger partial charge is 0.251 e. The van der Waals surface area contributed by atoms with E-state index in [1.165, 1.54) is 11.1 Å². The number of carbonyl (C=O) groups excluding carboxylic acids is 2. The van der Waals surface area contributed by atoms with Crippen LogP contribution < -0.4 is 42.2 Å². The lowest BCUT2D eigenvalue weighted by Gasteiger charge is -2.41. The van der Waals surface area contributed by atoms with Crippen LogP contribution in [0.1, 0.15) is 129 Å². The number of carbonyl (C=O) groups is 2. The highest BCUT2D eigenvalue weighted by Crippen LogP contribution is 2.41. The highest BCUT2D eigenvalue weighted by Gasteiger charge is 2.33. The molecule has 376 valence electrons. The van der Waals surface area contributed by atoms with Crippen LogP contribution in [0.15, 0.2) is 113 Å². The predicted octanol–water partition coefficient (Wildman–Crippen LogP) is 11.5. The van der Waals surface area contributed by atoms with Crippen LogP contribution >= 0.6 is 0 Å². The highest BCUT2D eigenvalue weighted by atomic mass is 16.2. The third-order valence-corrected chi connectivity index (χ3v) is 14.2. The first kappa shape index (κ1) is 51.2. The van der Waals surface area contributed by atoms with E-state index in [4.69, 9.17) is 21.4 Å². The second-order valence-electron chi connectivity index (χ2n) is 20.4. The molecule has 1 aliphatic carbocycles. The largest absolute Gasteiger partial charge is 0.398 e. The molecule has 1 aromatic heterocycles. The number of aryl methyl sites for hydroxylation is 3. The van der Waals surface area contributed by atoms with Crippen LogP contribution in [0.25, 0.3) is 33.2 Å². The van der Waals surface area contributed by atoms with Crippen LogP contribution in [0, 0.1) is 20.8 Å². The third kappa shape index (κ3) is 11.8. The zero-order valence-corrected chi connectivity index (χ0v) is 43.7. The van der Waals surface area contributed by atoms with Gasteiger partial charge in [0.1, 0.15) is 11.0 Å². The molecule has 5 aromatic carbocycles. The number of anilines is 4. The monoisotopic (exact) mass is 968 g/mol. The Labute approximate surface area is 426 Å². The second-order valence-corrected chi connectivity index (χ2v) is 20.4. The van der Waals surface area contributed by atoms with Gasteiger partial charge in [-0.25, -0.2) is 9.98 Å². The molecule has 0 radical (unpaired) electrons. The number of benzene rings is 5. The van der Waals surface area contributed by atoms with Crippen molar-refractivity contribution in [2.45, 2.75) is 125 Å².